The molecule has 0 radical (unpaired) electrons. The SMILES string of the molecule is CCC1(COP(C)(=O)OC)COP(C)(C)(O)OC1. The van der Waals surface area contributed by atoms with Crippen molar-refractivity contribution in [3.8, 4) is 0 Å². The van der Waals surface area contributed by atoms with Crippen LogP contribution in [0.3, 0.4) is 0 Å². The summed E-state index contributed by atoms with van der Waals surface area (Å²) in [5, 5.41) is 0. The van der Waals surface area contributed by atoms with E-state index in [1.807, 2.05) is 6.92 Å². The van der Waals surface area contributed by atoms with E-state index in [0.717, 1.165) is 6.42 Å². The first-order valence-electron chi connectivity index (χ1n) is 5.85. The molecule has 1 fully saturated rings. The summed E-state index contributed by atoms with van der Waals surface area (Å²) in [5.41, 5.74) is -0.389. The van der Waals surface area contributed by atoms with E-state index >= 15 is 0 Å². The Hall–Kier alpha value is 0.460. The molecule has 1 aliphatic rings. The van der Waals surface area contributed by atoms with E-state index in [4.69, 9.17) is 18.1 Å². The molecule has 1 atom stereocenters. The first kappa shape index (κ1) is 16.5. The molecule has 0 amide bonds. The predicted octanol–water partition coefficient (Wildman–Crippen LogP) is 2.47. The summed E-state index contributed by atoms with van der Waals surface area (Å²) in [4.78, 5) is 10.1. The molecule has 0 aliphatic carbocycles. The van der Waals surface area contributed by atoms with E-state index in [9.17, 15) is 9.46 Å². The molecule has 8 heteroatoms. The molecule has 0 bridgehead atoms. The summed E-state index contributed by atoms with van der Waals surface area (Å²) in [5.74, 6) is 0. The molecule has 1 saturated heterocycles. The third-order valence-corrected chi connectivity index (χ3v) is 6.16. The first-order valence-corrected chi connectivity index (χ1v) is 10.8. The Kier molecular flexibility index (Phi) is 4.68. The van der Waals surface area contributed by atoms with Crippen LogP contribution in [0, 0.1) is 5.41 Å². The topological polar surface area (TPSA) is 74.2 Å². The Labute approximate surface area is 109 Å². The van der Waals surface area contributed by atoms with Crippen molar-refractivity contribution >= 4 is 14.9 Å². The van der Waals surface area contributed by atoms with Gasteiger partial charge in [0.25, 0.3) is 0 Å². The van der Waals surface area contributed by atoms with Gasteiger partial charge < -0.3 is 0 Å². The summed E-state index contributed by atoms with van der Waals surface area (Å²) in [6.45, 7) is 7.46. The molecule has 1 N–H and O–H groups in total. The van der Waals surface area contributed by atoms with Crippen molar-refractivity contribution in [3.05, 3.63) is 0 Å². The van der Waals surface area contributed by atoms with Crippen LogP contribution in [0.1, 0.15) is 13.3 Å². The molecule has 1 unspecified atom stereocenters. The summed E-state index contributed by atoms with van der Waals surface area (Å²) < 4.78 is 32.8. The van der Waals surface area contributed by atoms with Gasteiger partial charge in [0.1, 0.15) is 0 Å². The Morgan fingerprint density at radius 3 is 2.28 bits per heavy atom. The van der Waals surface area contributed by atoms with Gasteiger partial charge in [0.15, 0.2) is 0 Å². The standard InChI is InChI=1S/C10H24O6P2/c1-6-10(7-14-17(3,11)13-2)8-15-18(4,5,12)16-9-10/h12H,6-9H2,1-5H3. The van der Waals surface area contributed by atoms with Crippen LogP contribution in [0.4, 0.5) is 0 Å². The average Bonchev–Trinajstić information content (AvgIpc) is 2.28. The van der Waals surface area contributed by atoms with Gasteiger partial charge in [-0.2, -0.15) is 0 Å². The predicted molar refractivity (Wildman–Crippen MR) is 72.1 cm³/mol. The molecule has 0 aromatic heterocycles. The zero-order valence-corrected chi connectivity index (χ0v) is 13.5. The minimum atomic E-state index is -3.40. The zero-order chi connectivity index (χ0) is 14.1. The Bertz CT molecular complexity index is 336. The molecule has 1 heterocycles. The van der Waals surface area contributed by atoms with Gasteiger partial charge in [-0.1, -0.05) is 0 Å². The number of hydrogen-bond donors (Lipinski definition) is 1. The molecular weight excluding hydrogens is 278 g/mol. The summed E-state index contributed by atoms with van der Waals surface area (Å²) in [6.07, 6.45) is 0.739. The third kappa shape index (κ3) is 4.53. The van der Waals surface area contributed by atoms with Crippen molar-refractivity contribution in [2.75, 3.05) is 46.9 Å². The van der Waals surface area contributed by atoms with Crippen LogP contribution in [0.2, 0.25) is 0 Å². The quantitative estimate of drug-likeness (QED) is 0.786. The number of rotatable bonds is 5. The second-order valence-corrected chi connectivity index (χ2v) is 11.8. The molecular formula is C10H24O6P2. The van der Waals surface area contributed by atoms with Gasteiger partial charge >= 0.3 is 108 Å². The Balaban J connectivity index is 2.65. The van der Waals surface area contributed by atoms with Crippen LogP contribution in [-0.4, -0.2) is 51.8 Å². The van der Waals surface area contributed by atoms with E-state index in [1.165, 1.54) is 13.8 Å². The van der Waals surface area contributed by atoms with Gasteiger partial charge in [0.05, 0.1) is 0 Å². The molecule has 18 heavy (non-hydrogen) atoms. The van der Waals surface area contributed by atoms with Crippen LogP contribution in [0.25, 0.3) is 0 Å². The summed E-state index contributed by atoms with van der Waals surface area (Å²) in [6, 6.07) is 0. The first-order chi connectivity index (χ1) is 8.01. The van der Waals surface area contributed by atoms with E-state index in [-0.39, 0.29) is 12.0 Å². The van der Waals surface area contributed by atoms with Crippen molar-refractivity contribution in [3.63, 3.8) is 0 Å². The minimum absolute atomic E-state index is 0.220. The van der Waals surface area contributed by atoms with E-state index in [2.05, 4.69) is 0 Å². The van der Waals surface area contributed by atoms with Gasteiger partial charge in [0, 0.05) is 0 Å². The fourth-order valence-electron chi connectivity index (χ4n) is 1.42. The molecule has 110 valence electrons. The molecule has 1 aliphatic heterocycles. The second-order valence-electron chi connectivity index (χ2n) is 5.44. The monoisotopic (exact) mass is 302 g/mol. The fraction of sp³-hybridized carbons (Fsp3) is 1.00. The van der Waals surface area contributed by atoms with Crippen molar-refractivity contribution in [2.24, 2.45) is 5.41 Å². The van der Waals surface area contributed by atoms with Gasteiger partial charge in [-0.25, -0.2) is 0 Å². The van der Waals surface area contributed by atoms with E-state index in [0.29, 0.717) is 13.2 Å². The van der Waals surface area contributed by atoms with E-state index < -0.39 is 14.9 Å². The molecule has 0 spiro atoms. The summed E-state index contributed by atoms with van der Waals surface area (Å²) >= 11 is 0. The van der Waals surface area contributed by atoms with Crippen LogP contribution < -0.4 is 0 Å². The molecule has 0 aromatic rings. The Morgan fingerprint density at radius 1 is 1.39 bits per heavy atom. The van der Waals surface area contributed by atoms with Gasteiger partial charge in [-0.3, -0.25) is 0 Å². The fourth-order valence-corrected chi connectivity index (χ4v) is 3.39. The molecule has 6 nitrogen and oxygen atoms in total. The van der Waals surface area contributed by atoms with Crippen LogP contribution in [0.5, 0.6) is 0 Å². The molecule has 0 aromatic carbocycles. The third-order valence-electron chi connectivity index (χ3n) is 3.17. The van der Waals surface area contributed by atoms with Crippen LogP contribution >= 0.6 is 14.9 Å². The van der Waals surface area contributed by atoms with Crippen molar-refractivity contribution in [1.29, 1.82) is 0 Å². The van der Waals surface area contributed by atoms with Gasteiger partial charge in [-0.15, -0.1) is 0 Å². The van der Waals surface area contributed by atoms with Gasteiger partial charge in [0.2, 0.25) is 0 Å². The van der Waals surface area contributed by atoms with Gasteiger partial charge in [-0.05, 0) is 0 Å². The molecule has 1 rings (SSSR count). The zero-order valence-electron chi connectivity index (χ0n) is 11.7. The maximum absolute atomic E-state index is 11.7. The van der Waals surface area contributed by atoms with Crippen molar-refractivity contribution in [1.82, 2.24) is 0 Å². The normalized spacial score (nSPS) is 36.2. The van der Waals surface area contributed by atoms with Crippen molar-refractivity contribution in [2.45, 2.75) is 13.3 Å². The Morgan fingerprint density at radius 2 is 1.89 bits per heavy atom. The van der Waals surface area contributed by atoms with E-state index in [1.54, 1.807) is 13.3 Å². The van der Waals surface area contributed by atoms with Crippen LogP contribution in [0.15, 0.2) is 0 Å². The number of hydrogen-bond acceptors (Lipinski definition) is 6. The summed E-state index contributed by atoms with van der Waals surface area (Å²) in [7, 11) is -5.05. The average molecular weight is 302 g/mol. The molecule has 0 saturated carbocycles. The maximum atomic E-state index is 11.7. The second kappa shape index (κ2) is 5.10. The van der Waals surface area contributed by atoms with Crippen molar-refractivity contribution < 1.29 is 27.6 Å². The van der Waals surface area contributed by atoms with Crippen LogP contribution in [-0.2, 0) is 22.7 Å².